The molecule has 1 spiro atoms. The number of ether oxygens (including phenoxy) is 2. The lowest BCUT2D eigenvalue weighted by Crippen LogP contribution is -2.35. The van der Waals surface area contributed by atoms with Gasteiger partial charge in [-0.2, -0.15) is 0 Å². The molecule has 2 aromatic rings. The van der Waals surface area contributed by atoms with E-state index in [-0.39, 0.29) is 17.4 Å². The molecule has 0 radical (unpaired) electrons. The summed E-state index contributed by atoms with van der Waals surface area (Å²) in [5.41, 5.74) is 0.565. The van der Waals surface area contributed by atoms with Crippen LogP contribution in [0.15, 0.2) is 24.4 Å². The minimum atomic E-state index is -1.13. The Morgan fingerprint density at radius 2 is 1.97 bits per heavy atom. The molecule has 1 aromatic heterocycles. The van der Waals surface area contributed by atoms with Gasteiger partial charge in [0.25, 0.3) is 0 Å². The summed E-state index contributed by atoms with van der Waals surface area (Å²) in [5, 5.41) is 12.7. The van der Waals surface area contributed by atoms with Crippen LogP contribution in [0.25, 0.3) is 10.9 Å². The third-order valence-electron chi connectivity index (χ3n) is 6.38. The van der Waals surface area contributed by atoms with E-state index in [2.05, 4.69) is 5.32 Å². The van der Waals surface area contributed by atoms with Crippen molar-refractivity contribution in [2.24, 2.45) is 11.3 Å². The molecule has 1 unspecified atom stereocenters. The SMILES string of the molecule is CC(=O)Nc1cn(C(=O)O)c2ccc(OCCC3CN(C(=O)OC(C)(C)C)CC34CC4)cc12. The predicted molar refractivity (Wildman–Crippen MR) is 123 cm³/mol. The molecule has 1 saturated heterocycles. The Morgan fingerprint density at radius 1 is 1.24 bits per heavy atom. The highest BCUT2D eigenvalue weighted by atomic mass is 16.6. The molecule has 1 aliphatic heterocycles. The van der Waals surface area contributed by atoms with Crippen molar-refractivity contribution in [3.05, 3.63) is 24.4 Å². The van der Waals surface area contributed by atoms with Crippen LogP contribution in [0.4, 0.5) is 15.3 Å². The molecule has 9 nitrogen and oxygen atoms in total. The molecule has 0 bridgehead atoms. The third-order valence-corrected chi connectivity index (χ3v) is 6.38. The van der Waals surface area contributed by atoms with E-state index in [9.17, 15) is 19.5 Å². The van der Waals surface area contributed by atoms with Gasteiger partial charge >= 0.3 is 12.2 Å². The molecule has 1 atom stereocenters. The Morgan fingerprint density at radius 3 is 2.58 bits per heavy atom. The van der Waals surface area contributed by atoms with Crippen molar-refractivity contribution in [3.8, 4) is 5.75 Å². The zero-order chi connectivity index (χ0) is 24.0. The Balaban J connectivity index is 1.41. The van der Waals surface area contributed by atoms with E-state index in [1.54, 1.807) is 18.2 Å². The standard InChI is InChI=1S/C24H31N3O6/c1-15(28)25-19-13-27(21(29)30)20-6-5-17(11-18(19)20)32-10-7-16-12-26(14-24(16)8-9-24)22(31)33-23(2,3)4/h5-6,11,13,16H,7-10,12,14H2,1-4H3,(H,25,28)(H,29,30). The van der Waals surface area contributed by atoms with Gasteiger partial charge in [0.2, 0.25) is 5.91 Å². The number of carbonyl (C=O) groups is 3. The quantitative estimate of drug-likeness (QED) is 0.682. The zero-order valence-electron chi connectivity index (χ0n) is 19.5. The van der Waals surface area contributed by atoms with Gasteiger partial charge in [-0.1, -0.05) is 0 Å². The van der Waals surface area contributed by atoms with E-state index in [0.29, 0.717) is 41.4 Å². The summed E-state index contributed by atoms with van der Waals surface area (Å²) < 4.78 is 12.6. The molecule has 1 saturated carbocycles. The summed E-state index contributed by atoms with van der Waals surface area (Å²) in [7, 11) is 0. The van der Waals surface area contributed by atoms with Crippen LogP contribution in [0.3, 0.4) is 0 Å². The molecular weight excluding hydrogens is 426 g/mol. The Hall–Kier alpha value is -3.23. The number of hydrogen-bond donors (Lipinski definition) is 2. The summed E-state index contributed by atoms with van der Waals surface area (Å²) in [4.78, 5) is 37.4. The molecule has 33 heavy (non-hydrogen) atoms. The van der Waals surface area contributed by atoms with E-state index in [4.69, 9.17) is 9.47 Å². The van der Waals surface area contributed by atoms with Crippen molar-refractivity contribution < 1.29 is 29.0 Å². The van der Waals surface area contributed by atoms with Crippen molar-refractivity contribution in [1.82, 2.24) is 9.47 Å². The summed E-state index contributed by atoms with van der Waals surface area (Å²) in [6, 6.07) is 5.15. The minimum absolute atomic E-state index is 0.182. The first kappa shape index (κ1) is 22.9. The average molecular weight is 458 g/mol. The highest BCUT2D eigenvalue weighted by Crippen LogP contribution is 2.57. The topological polar surface area (TPSA) is 110 Å². The van der Waals surface area contributed by atoms with Crippen LogP contribution in [0.1, 0.15) is 47.0 Å². The number of anilines is 1. The predicted octanol–water partition coefficient (Wildman–Crippen LogP) is 4.54. The number of rotatable bonds is 5. The number of benzene rings is 1. The Labute approximate surface area is 192 Å². The molecule has 2 N–H and O–H groups in total. The lowest BCUT2D eigenvalue weighted by Gasteiger charge is -2.24. The first-order valence-electron chi connectivity index (χ1n) is 11.2. The Kier molecular flexibility index (Phi) is 5.76. The van der Waals surface area contributed by atoms with Crippen molar-refractivity contribution in [1.29, 1.82) is 0 Å². The van der Waals surface area contributed by atoms with Crippen molar-refractivity contribution >= 4 is 34.7 Å². The van der Waals surface area contributed by atoms with Gasteiger partial charge in [0.15, 0.2) is 0 Å². The van der Waals surface area contributed by atoms with Gasteiger partial charge in [0, 0.05) is 31.6 Å². The molecule has 4 rings (SSSR count). The normalized spacial score (nSPS) is 19.0. The second-order valence-electron chi connectivity index (χ2n) is 10.1. The molecule has 9 heteroatoms. The minimum Gasteiger partial charge on any atom is -0.494 e. The van der Waals surface area contributed by atoms with E-state index >= 15 is 0 Å². The largest absolute Gasteiger partial charge is 0.494 e. The fraction of sp³-hybridized carbons (Fsp3) is 0.542. The molecule has 178 valence electrons. The number of nitrogens with zero attached hydrogens (tertiary/aromatic N) is 2. The molecule has 1 aromatic carbocycles. The third kappa shape index (κ3) is 4.91. The number of carbonyl (C=O) groups excluding carboxylic acids is 2. The van der Waals surface area contributed by atoms with Crippen LogP contribution >= 0.6 is 0 Å². The molecule has 2 aliphatic rings. The van der Waals surface area contributed by atoms with Crippen molar-refractivity contribution in [2.75, 3.05) is 25.0 Å². The zero-order valence-corrected chi connectivity index (χ0v) is 19.5. The molecule has 2 heterocycles. The van der Waals surface area contributed by atoms with Crippen LogP contribution in [-0.4, -0.2) is 58.0 Å². The number of hydrogen-bond acceptors (Lipinski definition) is 5. The summed E-state index contributed by atoms with van der Waals surface area (Å²) >= 11 is 0. The number of likely N-dealkylation sites (tertiary alicyclic amines) is 1. The summed E-state index contributed by atoms with van der Waals surface area (Å²) in [5.74, 6) is 0.678. The van der Waals surface area contributed by atoms with Gasteiger partial charge in [0.05, 0.1) is 17.8 Å². The first-order valence-corrected chi connectivity index (χ1v) is 11.2. The van der Waals surface area contributed by atoms with Gasteiger partial charge in [-0.25, -0.2) is 9.59 Å². The summed E-state index contributed by atoms with van der Waals surface area (Å²) in [6.45, 7) is 8.89. The lowest BCUT2D eigenvalue weighted by atomic mass is 9.90. The van der Waals surface area contributed by atoms with Gasteiger partial charge in [0.1, 0.15) is 11.4 Å². The monoisotopic (exact) mass is 457 g/mol. The van der Waals surface area contributed by atoms with E-state index in [0.717, 1.165) is 30.4 Å². The number of fused-ring (bicyclic) bond motifs is 1. The lowest BCUT2D eigenvalue weighted by molar-refractivity contribution is -0.114. The summed E-state index contributed by atoms with van der Waals surface area (Å²) in [6.07, 6.45) is 3.05. The van der Waals surface area contributed by atoms with Gasteiger partial charge in [-0.3, -0.25) is 9.36 Å². The second-order valence-corrected chi connectivity index (χ2v) is 10.1. The average Bonchev–Trinajstić information content (AvgIpc) is 3.26. The van der Waals surface area contributed by atoms with Crippen LogP contribution in [-0.2, 0) is 9.53 Å². The highest BCUT2D eigenvalue weighted by molar-refractivity contribution is 6.04. The second kappa shape index (κ2) is 8.28. The maximum atomic E-state index is 12.5. The molecule has 2 amide bonds. The number of nitrogens with one attached hydrogen (secondary N) is 1. The first-order chi connectivity index (χ1) is 15.5. The van der Waals surface area contributed by atoms with E-state index < -0.39 is 11.7 Å². The van der Waals surface area contributed by atoms with Crippen molar-refractivity contribution in [3.63, 3.8) is 0 Å². The van der Waals surface area contributed by atoms with Crippen LogP contribution in [0, 0.1) is 11.3 Å². The Bertz CT molecular complexity index is 1100. The van der Waals surface area contributed by atoms with Gasteiger partial charge in [-0.15, -0.1) is 0 Å². The molecule has 1 aliphatic carbocycles. The number of amides is 2. The van der Waals surface area contributed by atoms with Crippen LogP contribution < -0.4 is 10.1 Å². The maximum absolute atomic E-state index is 12.5. The fourth-order valence-electron chi connectivity index (χ4n) is 4.69. The highest BCUT2D eigenvalue weighted by Gasteiger charge is 2.56. The smallest absolute Gasteiger partial charge is 0.416 e. The van der Waals surface area contributed by atoms with E-state index in [1.807, 2.05) is 25.7 Å². The fourth-order valence-corrected chi connectivity index (χ4v) is 4.69. The van der Waals surface area contributed by atoms with Crippen LogP contribution in [0.5, 0.6) is 5.75 Å². The maximum Gasteiger partial charge on any atom is 0.416 e. The molecular formula is C24H31N3O6. The van der Waals surface area contributed by atoms with E-state index in [1.165, 1.54) is 13.1 Å². The van der Waals surface area contributed by atoms with Crippen molar-refractivity contribution in [2.45, 2.75) is 52.6 Å². The molecule has 2 fully saturated rings. The van der Waals surface area contributed by atoms with Gasteiger partial charge in [-0.05, 0) is 69.6 Å². The number of aromatic nitrogens is 1. The van der Waals surface area contributed by atoms with Crippen LogP contribution in [0.2, 0.25) is 0 Å². The number of carboxylic acid groups (broad SMARTS) is 1. The van der Waals surface area contributed by atoms with Gasteiger partial charge < -0.3 is 24.8 Å².